The molecule has 1 heterocycles. The number of amides is 1. The SMILES string of the molecule is O=C(O)c1cccc(-c2cccc3cc(C(=O)NC4CC5CCC4CC5)oc23)c1. The van der Waals surface area contributed by atoms with Gasteiger partial charge in [0.2, 0.25) is 0 Å². The van der Waals surface area contributed by atoms with Gasteiger partial charge in [0.25, 0.3) is 5.91 Å². The van der Waals surface area contributed by atoms with Crippen LogP contribution in [-0.4, -0.2) is 23.0 Å². The van der Waals surface area contributed by atoms with E-state index >= 15 is 0 Å². The summed E-state index contributed by atoms with van der Waals surface area (Å²) < 4.78 is 5.98. The van der Waals surface area contributed by atoms with Crippen molar-refractivity contribution in [2.24, 2.45) is 11.8 Å². The number of fused-ring (bicyclic) bond motifs is 4. The van der Waals surface area contributed by atoms with Gasteiger partial charge in [0.05, 0.1) is 5.56 Å². The van der Waals surface area contributed by atoms with Crippen molar-refractivity contribution in [3.05, 3.63) is 59.9 Å². The maximum Gasteiger partial charge on any atom is 0.335 e. The number of carboxylic acids is 1. The number of benzene rings is 2. The Morgan fingerprint density at radius 1 is 1.00 bits per heavy atom. The van der Waals surface area contributed by atoms with Gasteiger partial charge in [-0.15, -0.1) is 0 Å². The lowest BCUT2D eigenvalue weighted by molar-refractivity contribution is 0.0696. The average molecular weight is 389 g/mol. The standard InChI is InChI=1S/C24H23NO4/c26-23(25-20-11-14-7-9-15(20)10-8-14)21-13-17-4-2-6-19(22(17)29-21)16-3-1-5-18(12-16)24(27)28/h1-6,12-15,20H,7-11H2,(H,25,26)(H,27,28). The Morgan fingerprint density at radius 3 is 2.52 bits per heavy atom. The van der Waals surface area contributed by atoms with Crippen LogP contribution in [0.4, 0.5) is 0 Å². The summed E-state index contributed by atoms with van der Waals surface area (Å²) in [6.07, 6.45) is 6.07. The zero-order valence-corrected chi connectivity index (χ0v) is 16.1. The smallest absolute Gasteiger partial charge is 0.335 e. The lowest BCUT2D eigenvalue weighted by Crippen LogP contribution is -2.47. The normalized spacial score (nSPS) is 23.2. The molecule has 3 aromatic rings. The van der Waals surface area contributed by atoms with Crippen molar-refractivity contribution >= 4 is 22.8 Å². The number of para-hydroxylation sites is 1. The predicted molar refractivity (Wildman–Crippen MR) is 110 cm³/mol. The maximum absolute atomic E-state index is 12.9. The van der Waals surface area contributed by atoms with Crippen molar-refractivity contribution in [1.29, 1.82) is 0 Å². The molecule has 1 amide bonds. The number of hydrogen-bond acceptors (Lipinski definition) is 3. The summed E-state index contributed by atoms with van der Waals surface area (Å²) in [6, 6.07) is 14.4. The second-order valence-electron chi connectivity index (χ2n) is 8.32. The number of aromatic carboxylic acids is 1. The van der Waals surface area contributed by atoms with Gasteiger partial charge in [-0.1, -0.05) is 43.2 Å². The number of nitrogens with one attached hydrogen (secondary N) is 1. The Labute approximate surface area is 168 Å². The van der Waals surface area contributed by atoms with Gasteiger partial charge >= 0.3 is 5.97 Å². The zero-order chi connectivity index (χ0) is 20.0. The van der Waals surface area contributed by atoms with Crippen molar-refractivity contribution in [3.63, 3.8) is 0 Å². The van der Waals surface area contributed by atoms with Gasteiger partial charge in [0.15, 0.2) is 5.76 Å². The lowest BCUT2D eigenvalue weighted by Gasteiger charge is -2.42. The number of rotatable bonds is 4. The monoisotopic (exact) mass is 389 g/mol. The molecule has 1 atom stereocenters. The van der Waals surface area contributed by atoms with E-state index in [0.717, 1.165) is 28.9 Å². The number of hydrogen-bond donors (Lipinski definition) is 2. The van der Waals surface area contributed by atoms with Crippen molar-refractivity contribution in [1.82, 2.24) is 5.32 Å². The van der Waals surface area contributed by atoms with E-state index in [9.17, 15) is 14.7 Å². The van der Waals surface area contributed by atoms with Crippen LogP contribution in [0, 0.1) is 11.8 Å². The Hall–Kier alpha value is -3.08. The third kappa shape index (κ3) is 3.31. The molecule has 5 heteroatoms. The fraction of sp³-hybridized carbons (Fsp3) is 0.333. The number of carboxylic acid groups (broad SMARTS) is 1. The van der Waals surface area contributed by atoms with Crippen LogP contribution in [0.15, 0.2) is 52.9 Å². The van der Waals surface area contributed by atoms with E-state index in [1.165, 1.54) is 25.7 Å². The molecule has 0 spiro atoms. The summed E-state index contributed by atoms with van der Waals surface area (Å²) in [7, 11) is 0. The van der Waals surface area contributed by atoms with Crippen LogP contribution in [0.5, 0.6) is 0 Å². The fourth-order valence-electron chi connectivity index (χ4n) is 5.02. The van der Waals surface area contributed by atoms with Gasteiger partial charge < -0.3 is 14.8 Å². The van der Waals surface area contributed by atoms with Gasteiger partial charge in [0, 0.05) is 17.0 Å². The van der Waals surface area contributed by atoms with E-state index < -0.39 is 5.97 Å². The molecule has 2 aromatic carbocycles. The fourth-order valence-corrected chi connectivity index (χ4v) is 5.02. The van der Waals surface area contributed by atoms with Gasteiger partial charge in [-0.05, 0) is 54.9 Å². The van der Waals surface area contributed by atoms with Crippen LogP contribution in [0.3, 0.4) is 0 Å². The highest BCUT2D eigenvalue weighted by atomic mass is 16.4. The molecule has 3 aliphatic carbocycles. The van der Waals surface area contributed by atoms with Crippen molar-refractivity contribution < 1.29 is 19.1 Å². The van der Waals surface area contributed by atoms with Gasteiger partial charge in [0.1, 0.15) is 5.58 Å². The third-order valence-electron chi connectivity index (χ3n) is 6.55. The van der Waals surface area contributed by atoms with Crippen LogP contribution < -0.4 is 5.32 Å². The minimum absolute atomic E-state index is 0.163. The largest absolute Gasteiger partial charge is 0.478 e. The average Bonchev–Trinajstić information content (AvgIpc) is 3.19. The second-order valence-corrected chi connectivity index (χ2v) is 8.32. The van der Waals surface area contributed by atoms with E-state index in [-0.39, 0.29) is 17.5 Å². The minimum atomic E-state index is -0.972. The maximum atomic E-state index is 12.9. The molecule has 3 fully saturated rings. The molecule has 148 valence electrons. The zero-order valence-electron chi connectivity index (χ0n) is 16.1. The molecule has 5 nitrogen and oxygen atoms in total. The molecule has 0 aliphatic heterocycles. The lowest BCUT2D eigenvalue weighted by atomic mass is 9.68. The van der Waals surface area contributed by atoms with Crippen LogP contribution in [-0.2, 0) is 0 Å². The molecular formula is C24H23NO4. The molecule has 6 rings (SSSR count). The van der Waals surface area contributed by atoms with E-state index in [1.807, 2.05) is 24.3 Å². The predicted octanol–water partition coefficient (Wildman–Crippen LogP) is 5.11. The quantitative estimate of drug-likeness (QED) is 0.650. The van der Waals surface area contributed by atoms with Gasteiger partial charge in [-0.3, -0.25) is 4.79 Å². The highest BCUT2D eigenvalue weighted by molar-refractivity contribution is 6.00. The molecule has 1 aromatic heterocycles. The van der Waals surface area contributed by atoms with Crippen LogP contribution >= 0.6 is 0 Å². The van der Waals surface area contributed by atoms with Crippen molar-refractivity contribution in [2.75, 3.05) is 0 Å². The molecule has 29 heavy (non-hydrogen) atoms. The Kier molecular flexibility index (Phi) is 4.38. The van der Waals surface area contributed by atoms with Gasteiger partial charge in [-0.25, -0.2) is 4.79 Å². The first-order valence-corrected chi connectivity index (χ1v) is 10.3. The summed E-state index contributed by atoms with van der Waals surface area (Å²) in [6.45, 7) is 0. The van der Waals surface area contributed by atoms with E-state index in [0.29, 0.717) is 17.3 Å². The molecule has 3 saturated carbocycles. The van der Waals surface area contributed by atoms with E-state index in [1.54, 1.807) is 24.3 Å². The summed E-state index contributed by atoms with van der Waals surface area (Å²) in [5.74, 6) is 0.504. The highest BCUT2D eigenvalue weighted by Crippen LogP contribution is 2.41. The minimum Gasteiger partial charge on any atom is -0.478 e. The Morgan fingerprint density at radius 2 is 1.79 bits per heavy atom. The topological polar surface area (TPSA) is 79.5 Å². The number of carbonyl (C=O) groups is 2. The molecule has 2 bridgehead atoms. The van der Waals surface area contributed by atoms with E-state index in [2.05, 4.69) is 5.32 Å². The number of furan rings is 1. The first-order chi connectivity index (χ1) is 14.1. The van der Waals surface area contributed by atoms with Crippen LogP contribution in [0.2, 0.25) is 0 Å². The van der Waals surface area contributed by atoms with Crippen molar-refractivity contribution in [3.8, 4) is 11.1 Å². The molecule has 3 aliphatic rings. The molecule has 2 N–H and O–H groups in total. The van der Waals surface area contributed by atoms with E-state index in [4.69, 9.17) is 4.42 Å². The third-order valence-corrected chi connectivity index (χ3v) is 6.55. The first kappa shape index (κ1) is 18.0. The summed E-state index contributed by atoms with van der Waals surface area (Å²) in [4.78, 5) is 24.2. The van der Waals surface area contributed by atoms with Crippen LogP contribution in [0.25, 0.3) is 22.1 Å². The van der Waals surface area contributed by atoms with Gasteiger partial charge in [-0.2, -0.15) is 0 Å². The van der Waals surface area contributed by atoms with Crippen molar-refractivity contribution in [2.45, 2.75) is 38.1 Å². The summed E-state index contributed by atoms with van der Waals surface area (Å²) in [5.41, 5.74) is 2.35. The summed E-state index contributed by atoms with van der Waals surface area (Å²) in [5, 5.41) is 13.3. The Balaban J connectivity index is 1.45. The second kappa shape index (κ2) is 7.07. The van der Waals surface area contributed by atoms with Crippen LogP contribution in [0.1, 0.15) is 53.0 Å². The molecule has 0 saturated heterocycles. The summed E-state index contributed by atoms with van der Waals surface area (Å²) >= 11 is 0. The highest BCUT2D eigenvalue weighted by Gasteiger charge is 2.36. The molecular weight excluding hydrogens is 366 g/mol. The molecule has 0 radical (unpaired) electrons. The Bertz CT molecular complexity index is 1090. The first-order valence-electron chi connectivity index (χ1n) is 10.3. The molecule has 1 unspecified atom stereocenters. The number of carbonyl (C=O) groups excluding carboxylic acids is 1.